The number of nitrogens with zero attached hydrogens (tertiary/aromatic N) is 1. The van der Waals surface area contributed by atoms with Gasteiger partial charge in [-0.1, -0.05) is 15.9 Å². The normalized spacial score (nSPS) is 23.3. The predicted molar refractivity (Wildman–Crippen MR) is 79.4 cm³/mol. The van der Waals surface area contributed by atoms with Crippen molar-refractivity contribution in [1.82, 2.24) is 4.90 Å². The third-order valence-electron chi connectivity index (χ3n) is 3.93. The number of likely N-dealkylation sites (tertiary alicyclic amines) is 1. The average molecular weight is 336 g/mol. The quantitative estimate of drug-likeness (QED) is 0.723. The minimum absolute atomic E-state index is 0.328. The van der Waals surface area contributed by atoms with Crippen LogP contribution in [0.15, 0.2) is 0 Å². The number of alkyl halides is 1. The summed E-state index contributed by atoms with van der Waals surface area (Å²) in [6.07, 6.45) is 4.59. The van der Waals surface area contributed by atoms with E-state index in [0.29, 0.717) is 17.1 Å². The molecule has 2 aliphatic heterocycles. The molecule has 0 aromatic heterocycles. The van der Waals surface area contributed by atoms with E-state index >= 15 is 0 Å². The first kappa shape index (κ1) is 14.7. The summed E-state index contributed by atoms with van der Waals surface area (Å²) in [6, 6.07) is 0. The zero-order chi connectivity index (χ0) is 12.8. The first-order valence-electron chi connectivity index (χ1n) is 6.75. The average Bonchev–Trinajstić information content (AvgIpc) is 2.94. The first-order chi connectivity index (χ1) is 8.76. The number of hydrogen-bond donors (Lipinski definition) is 0. The van der Waals surface area contributed by atoms with Gasteiger partial charge in [0.1, 0.15) is 0 Å². The summed E-state index contributed by atoms with van der Waals surface area (Å²) >= 11 is 5.44. The van der Waals surface area contributed by atoms with Crippen LogP contribution in [-0.4, -0.2) is 53.9 Å². The fourth-order valence-electron chi connectivity index (χ4n) is 2.53. The van der Waals surface area contributed by atoms with Gasteiger partial charge in [-0.2, -0.15) is 11.8 Å². The lowest BCUT2D eigenvalue weighted by atomic mass is 9.85. The van der Waals surface area contributed by atoms with Crippen molar-refractivity contribution in [2.45, 2.75) is 25.7 Å². The smallest absolute Gasteiger partial charge is 0.232 e. The Balaban J connectivity index is 1.71. The van der Waals surface area contributed by atoms with E-state index < -0.39 is 0 Å². The topological polar surface area (TPSA) is 29.5 Å². The van der Waals surface area contributed by atoms with Crippen LogP contribution in [0.2, 0.25) is 0 Å². The van der Waals surface area contributed by atoms with E-state index in [1.54, 1.807) is 11.8 Å². The van der Waals surface area contributed by atoms with Crippen molar-refractivity contribution in [1.29, 1.82) is 0 Å². The Morgan fingerprint density at radius 3 is 2.56 bits per heavy atom. The number of ether oxygens (including phenoxy) is 1. The van der Waals surface area contributed by atoms with Crippen LogP contribution in [-0.2, 0) is 9.53 Å². The zero-order valence-electron chi connectivity index (χ0n) is 10.8. The fraction of sp³-hybridized carbons (Fsp3) is 0.923. The highest BCUT2D eigenvalue weighted by Gasteiger charge is 2.31. The molecule has 0 aromatic carbocycles. The summed E-state index contributed by atoms with van der Waals surface area (Å²) in [4.78, 5) is 14.0. The fourth-order valence-corrected chi connectivity index (χ4v) is 4.84. The van der Waals surface area contributed by atoms with E-state index in [4.69, 9.17) is 4.74 Å². The van der Waals surface area contributed by atoms with Gasteiger partial charge in [0.05, 0.1) is 5.75 Å². The van der Waals surface area contributed by atoms with Gasteiger partial charge in [0.15, 0.2) is 0 Å². The third-order valence-corrected chi connectivity index (χ3v) is 6.39. The van der Waals surface area contributed by atoms with Crippen molar-refractivity contribution in [2.75, 3.05) is 43.1 Å². The molecule has 0 atom stereocenters. The molecule has 2 fully saturated rings. The predicted octanol–water partition coefficient (Wildman–Crippen LogP) is 2.53. The van der Waals surface area contributed by atoms with E-state index in [2.05, 4.69) is 15.9 Å². The maximum Gasteiger partial charge on any atom is 0.232 e. The highest BCUT2D eigenvalue weighted by atomic mass is 79.9. The molecule has 2 saturated heterocycles. The lowest BCUT2D eigenvalue weighted by Crippen LogP contribution is -2.35. The molecule has 0 aliphatic carbocycles. The van der Waals surface area contributed by atoms with Gasteiger partial charge < -0.3 is 9.64 Å². The summed E-state index contributed by atoms with van der Waals surface area (Å²) in [7, 11) is 0. The third kappa shape index (κ3) is 3.87. The number of amides is 1. The molecule has 0 unspecified atom stereocenters. The summed E-state index contributed by atoms with van der Waals surface area (Å²) in [5.74, 6) is 2.05. The number of carbonyl (C=O) groups is 1. The van der Waals surface area contributed by atoms with E-state index in [0.717, 1.165) is 50.2 Å². The Labute approximate surface area is 122 Å². The number of halogens is 1. The van der Waals surface area contributed by atoms with Gasteiger partial charge in [0.2, 0.25) is 5.91 Å². The second kappa shape index (κ2) is 7.15. The molecule has 18 heavy (non-hydrogen) atoms. The van der Waals surface area contributed by atoms with E-state index in [1.807, 2.05) is 4.90 Å². The number of hydrogen-bond acceptors (Lipinski definition) is 3. The van der Waals surface area contributed by atoms with Crippen LogP contribution in [0.5, 0.6) is 0 Å². The molecule has 0 N–H and O–H groups in total. The van der Waals surface area contributed by atoms with Gasteiger partial charge in [-0.3, -0.25) is 4.79 Å². The summed E-state index contributed by atoms with van der Waals surface area (Å²) in [5, 5.41) is 1.02. The Morgan fingerprint density at radius 1 is 1.28 bits per heavy atom. The molecular weight excluding hydrogens is 314 g/mol. The summed E-state index contributed by atoms with van der Waals surface area (Å²) in [5.41, 5.74) is 0.341. The molecule has 5 heteroatoms. The molecule has 0 bridgehead atoms. The van der Waals surface area contributed by atoms with Crippen molar-refractivity contribution >= 4 is 33.6 Å². The van der Waals surface area contributed by atoms with E-state index in [-0.39, 0.29) is 0 Å². The van der Waals surface area contributed by atoms with Gasteiger partial charge in [-0.15, -0.1) is 0 Å². The van der Waals surface area contributed by atoms with Gasteiger partial charge in [-0.05, 0) is 31.1 Å². The molecule has 0 aromatic rings. The molecule has 0 spiro atoms. The highest BCUT2D eigenvalue weighted by molar-refractivity contribution is 9.09. The summed E-state index contributed by atoms with van der Waals surface area (Å²) < 4.78 is 5.43. The van der Waals surface area contributed by atoms with Gasteiger partial charge in [0.25, 0.3) is 0 Å². The van der Waals surface area contributed by atoms with Crippen LogP contribution in [0.4, 0.5) is 0 Å². The minimum Gasteiger partial charge on any atom is -0.381 e. The molecule has 0 radical (unpaired) electrons. The van der Waals surface area contributed by atoms with Crippen molar-refractivity contribution in [3.63, 3.8) is 0 Å². The highest BCUT2D eigenvalue weighted by Crippen LogP contribution is 2.35. The zero-order valence-corrected chi connectivity index (χ0v) is 13.2. The monoisotopic (exact) mass is 335 g/mol. The number of carbonyl (C=O) groups excluding carboxylic acids is 1. The standard InChI is InChI=1S/C13H22BrNO2S/c14-10-13(3-7-17-8-4-13)11-18-9-12(16)15-5-1-2-6-15/h1-11H2. The lowest BCUT2D eigenvalue weighted by molar-refractivity contribution is -0.127. The van der Waals surface area contributed by atoms with Crippen molar-refractivity contribution in [3.05, 3.63) is 0 Å². The van der Waals surface area contributed by atoms with E-state index in [1.165, 1.54) is 12.8 Å². The Hall–Kier alpha value is 0.260. The Bertz CT molecular complexity index is 276. The summed E-state index contributed by atoms with van der Waals surface area (Å²) in [6.45, 7) is 3.67. The van der Waals surface area contributed by atoms with Crippen molar-refractivity contribution < 1.29 is 9.53 Å². The largest absolute Gasteiger partial charge is 0.381 e. The minimum atomic E-state index is 0.328. The van der Waals surface area contributed by atoms with Crippen LogP contribution in [0.1, 0.15) is 25.7 Å². The molecule has 1 amide bonds. The van der Waals surface area contributed by atoms with Crippen LogP contribution in [0.3, 0.4) is 0 Å². The van der Waals surface area contributed by atoms with Crippen LogP contribution in [0.25, 0.3) is 0 Å². The molecular formula is C13H22BrNO2S. The number of thioether (sulfide) groups is 1. The molecule has 104 valence electrons. The maximum atomic E-state index is 11.9. The van der Waals surface area contributed by atoms with Crippen LogP contribution in [0, 0.1) is 5.41 Å². The Morgan fingerprint density at radius 2 is 1.94 bits per heavy atom. The van der Waals surface area contributed by atoms with Gasteiger partial charge >= 0.3 is 0 Å². The molecule has 0 saturated carbocycles. The maximum absolute atomic E-state index is 11.9. The van der Waals surface area contributed by atoms with Crippen LogP contribution >= 0.6 is 27.7 Å². The van der Waals surface area contributed by atoms with Crippen molar-refractivity contribution in [2.24, 2.45) is 5.41 Å². The SMILES string of the molecule is O=C(CSCC1(CBr)CCOCC1)N1CCCC1. The molecule has 2 heterocycles. The van der Waals surface area contributed by atoms with Gasteiger partial charge in [-0.25, -0.2) is 0 Å². The second-order valence-corrected chi connectivity index (χ2v) is 6.87. The van der Waals surface area contributed by atoms with Crippen LogP contribution < -0.4 is 0 Å². The second-order valence-electron chi connectivity index (χ2n) is 5.33. The number of rotatable bonds is 5. The van der Waals surface area contributed by atoms with Crippen molar-refractivity contribution in [3.8, 4) is 0 Å². The first-order valence-corrected chi connectivity index (χ1v) is 9.03. The molecule has 3 nitrogen and oxygen atoms in total. The lowest BCUT2D eigenvalue weighted by Gasteiger charge is -2.35. The Kier molecular flexibility index (Phi) is 5.83. The van der Waals surface area contributed by atoms with Gasteiger partial charge in [0, 0.05) is 37.4 Å². The molecule has 2 rings (SSSR count). The molecule has 2 aliphatic rings. The van der Waals surface area contributed by atoms with E-state index in [9.17, 15) is 4.79 Å².